The van der Waals surface area contributed by atoms with Gasteiger partial charge in [-0.05, 0) is 6.42 Å². The van der Waals surface area contributed by atoms with Gasteiger partial charge in [-0.3, -0.25) is 0 Å². The summed E-state index contributed by atoms with van der Waals surface area (Å²) in [6, 6.07) is 0. The number of hydrogen-bond acceptors (Lipinski definition) is 2. The SMILES string of the molecule is CCC1(C)CC12OCCO2. The Morgan fingerprint density at radius 2 is 1.90 bits per heavy atom. The normalized spacial score (nSPS) is 42.6. The lowest BCUT2D eigenvalue weighted by Crippen LogP contribution is -2.18. The first kappa shape index (κ1) is 6.62. The molecule has 1 unspecified atom stereocenters. The van der Waals surface area contributed by atoms with Gasteiger partial charge in [-0.2, -0.15) is 0 Å². The Balaban J connectivity index is 2.09. The molecule has 1 saturated carbocycles. The third-order valence-corrected chi connectivity index (χ3v) is 2.95. The van der Waals surface area contributed by atoms with Crippen molar-refractivity contribution < 1.29 is 9.47 Å². The van der Waals surface area contributed by atoms with Crippen molar-refractivity contribution in [1.29, 1.82) is 0 Å². The van der Waals surface area contributed by atoms with Crippen LogP contribution in [0.15, 0.2) is 0 Å². The first-order valence-electron chi connectivity index (χ1n) is 4.00. The fraction of sp³-hybridized carbons (Fsp3) is 1.00. The Kier molecular flexibility index (Phi) is 1.15. The van der Waals surface area contributed by atoms with E-state index in [0.29, 0.717) is 5.41 Å². The maximum Gasteiger partial charge on any atom is 0.174 e. The second-order valence-corrected chi connectivity index (χ2v) is 3.54. The smallest absolute Gasteiger partial charge is 0.174 e. The van der Waals surface area contributed by atoms with E-state index in [2.05, 4.69) is 13.8 Å². The largest absolute Gasteiger partial charge is 0.347 e. The monoisotopic (exact) mass is 142 g/mol. The van der Waals surface area contributed by atoms with Gasteiger partial charge in [-0.1, -0.05) is 13.8 Å². The fourth-order valence-corrected chi connectivity index (χ4v) is 1.77. The van der Waals surface area contributed by atoms with Crippen LogP contribution in [0, 0.1) is 5.41 Å². The molecule has 2 heteroatoms. The molecule has 0 N–H and O–H groups in total. The van der Waals surface area contributed by atoms with Gasteiger partial charge in [0.25, 0.3) is 0 Å². The molecule has 1 atom stereocenters. The van der Waals surface area contributed by atoms with E-state index in [4.69, 9.17) is 9.47 Å². The molecule has 0 bridgehead atoms. The maximum absolute atomic E-state index is 5.54. The maximum atomic E-state index is 5.54. The van der Waals surface area contributed by atoms with Crippen LogP contribution in [0.1, 0.15) is 26.7 Å². The summed E-state index contributed by atoms with van der Waals surface area (Å²) in [5.41, 5.74) is 0.323. The van der Waals surface area contributed by atoms with Crippen LogP contribution in [0.3, 0.4) is 0 Å². The molecule has 1 saturated heterocycles. The summed E-state index contributed by atoms with van der Waals surface area (Å²) in [6.07, 6.45) is 2.25. The van der Waals surface area contributed by atoms with Gasteiger partial charge >= 0.3 is 0 Å². The van der Waals surface area contributed by atoms with Crippen molar-refractivity contribution in [3.8, 4) is 0 Å². The zero-order valence-corrected chi connectivity index (χ0v) is 6.64. The highest BCUT2D eigenvalue weighted by Crippen LogP contribution is 2.62. The second kappa shape index (κ2) is 1.74. The van der Waals surface area contributed by atoms with Crippen LogP contribution < -0.4 is 0 Å². The van der Waals surface area contributed by atoms with Crippen LogP contribution in [-0.2, 0) is 9.47 Å². The summed E-state index contributed by atoms with van der Waals surface area (Å²) < 4.78 is 11.1. The molecule has 0 amide bonds. The minimum absolute atomic E-state index is 0.151. The average molecular weight is 142 g/mol. The van der Waals surface area contributed by atoms with Crippen molar-refractivity contribution in [2.45, 2.75) is 32.5 Å². The van der Waals surface area contributed by atoms with Crippen molar-refractivity contribution in [3.63, 3.8) is 0 Å². The van der Waals surface area contributed by atoms with Crippen LogP contribution in [0.5, 0.6) is 0 Å². The van der Waals surface area contributed by atoms with Crippen molar-refractivity contribution in [1.82, 2.24) is 0 Å². The highest BCUT2D eigenvalue weighted by molar-refractivity contribution is 5.09. The third-order valence-electron chi connectivity index (χ3n) is 2.95. The predicted octanol–water partition coefficient (Wildman–Crippen LogP) is 1.55. The minimum atomic E-state index is -0.151. The Bertz CT molecular complexity index is 149. The fourth-order valence-electron chi connectivity index (χ4n) is 1.77. The summed E-state index contributed by atoms with van der Waals surface area (Å²) in [6.45, 7) is 6.00. The number of rotatable bonds is 1. The quantitative estimate of drug-likeness (QED) is 0.553. The van der Waals surface area contributed by atoms with Crippen LogP contribution in [0.25, 0.3) is 0 Å². The summed E-state index contributed by atoms with van der Waals surface area (Å²) in [4.78, 5) is 0. The average Bonchev–Trinajstić information content (AvgIpc) is 2.28. The van der Waals surface area contributed by atoms with Crippen LogP contribution in [0.4, 0.5) is 0 Å². The lowest BCUT2D eigenvalue weighted by atomic mass is 10.1. The van der Waals surface area contributed by atoms with E-state index in [9.17, 15) is 0 Å². The molecule has 0 radical (unpaired) electrons. The molecule has 1 spiro atoms. The van der Waals surface area contributed by atoms with Crippen molar-refractivity contribution in [2.75, 3.05) is 13.2 Å². The van der Waals surface area contributed by atoms with Crippen LogP contribution in [-0.4, -0.2) is 19.0 Å². The lowest BCUT2D eigenvalue weighted by Gasteiger charge is -2.13. The third kappa shape index (κ3) is 0.611. The van der Waals surface area contributed by atoms with Gasteiger partial charge in [0.2, 0.25) is 0 Å². The highest BCUT2D eigenvalue weighted by Gasteiger charge is 2.67. The van der Waals surface area contributed by atoms with E-state index < -0.39 is 0 Å². The molecule has 2 rings (SSSR count). The molecule has 2 fully saturated rings. The van der Waals surface area contributed by atoms with E-state index in [1.54, 1.807) is 0 Å². The molecule has 0 aromatic rings. The van der Waals surface area contributed by atoms with E-state index in [0.717, 1.165) is 26.1 Å². The molecule has 0 aromatic carbocycles. The van der Waals surface area contributed by atoms with E-state index in [1.165, 1.54) is 0 Å². The second-order valence-electron chi connectivity index (χ2n) is 3.54. The summed E-state index contributed by atoms with van der Waals surface area (Å²) in [5, 5.41) is 0. The summed E-state index contributed by atoms with van der Waals surface area (Å²) in [7, 11) is 0. The Labute approximate surface area is 61.5 Å². The Hall–Kier alpha value is -0.0800. The van der Waals surface area contributed by atoms with Crippen molar-refractivity contribution in [2.24, 2.45) is 5.41 Å². The highest BCUT2D eigenvalue weighted by atomic mass is 16.7. The van der Waals surface area contributed by atoms with Gasteiger partial charge in [0.05, 0.1) is 13.2 Å². The van der Waals surface area contributed by atoms with Gasteiger partial charge in [0, 0.05) is 11.8 Å². The molecule has 58 valence electrons. The van der Waals surface area contributed by atoms with Crippen LogP contribution >= 0.6 is 0 Å². The zero-order chi connectivity index (χ0) is 7.24. The molecule has 10 heavy (non-hydrogen) atoms. The van der Waals surface area contributed by atoms with Gasteiger partial charge in [0.1, 0.15) is 0 Å². The molecule has 0 aromatic heterocycles. The lowest BCUT2D eigenvalue weighted by molar-refractivity contribution is -0.0997. The van der Waals surface area contributed by atoms with Crippen molar-refractivity contribution in [3.05, 3.63) is 0 Å². The van der Waals surface area contributed by atoms with Gasteiger partial charge in [0.15, 0.2) is 5.79 Å². The van der Waals surface area contributed by atoms with E-state index in [1.807, 2.05) is 0 Å². The van der Waals surface area contributed by atoms with Gasteiger partial charge < -0.3 is 9.47 Å². The zero-order valence-electron chi connectivity index (χ0n) is 6.64. The standard InChI is InChI=1S/C8H14O2/c1-3-7(2)6-8(7)9-4-5-10-8/h3-6H2,1-2H3. The molecular weight excluding hydrogens is 128 g/mol. The molecule has 1 aliphatic heterocycles. The molecule has 1 heterocycles. The van der Waals surface area contributed by atoms with E-state index >= 15 is 0 Å². The van der Waals surface area contributed by atoms with Crippen molar-refractivity contribution >= 4 is 0 Å². The molecular formula is C8H14O2. The molecule has 1 aliphatic carbocycles. The topological polar surface area (TPSA) is 18.5 Å². The van der Waals surface area contributed by atoms with E-state index in [-0.39, 0.29) is 5.79 Å². The molecule has 2 nitrogen and oxygen atoms in total. The Morgan fingerprint density at radius 3 is 2.30 bits per heavy atom. The predicted molar refractivity (Wildman–Crippen MR) is 37.6 cm³/mol. The minimum Gasteiger partial charge on any atom is -0.347 e. The summed E-state index contributed by atoms with van der Waals surface area (Å²) >= 11 is 0. The number of ether oxygens (including phenoxy) is 2. The Morgan fingerprint density at radius 1 is 1.30 bits per heavy atom. The molecule has 2 aliphatic rings. The van der Waals surface area contributed by atoms with Gasteiger partial charge in [-0.25, -0.2) is 0 Å². The van der Waals surface area contributed by atoms with Crippen LogP contribution in [0.2, 0.25) is 0 Å². The number of hydrogen-bond donors (Lipinski definition) is 0. The van der Waals surface area contributed by atoms with Gasteiger partial charge in [-0.15, -0.1) is 0 Å². The summed E-state index contributed by atoms with van der Waals surface area (Å²) in [5.74, 6) is -0.151. The first-order chi connectivity index (χ1) is 4.72. The first-order valence-corrected chi connectivity index (χ1v) is 4.00.